The van der Waals surface area contributed by atoms with Gasteiger partial charge in [-0.1, -0.05) is 0 Å². The number of hydrogen-bond donors (Lipinski definition) is 4. The van der Waals surface area contributed by atoms with Crippen LogP contribution in [-0.2, 0) is 0 Å². The molecule has 8 nitrogen and oxygen atoms in total. The van der Waals surface area contributed by atoms with Crippen molar-refractivity contribution < 1.29 is 32.3 Å². The fraction of sp³-hybridized carbons (Fsp3) is 0.333. The van der Waals surface area contributed by atoms with Gasteiger partial charge in [0.15, 0.2) is 0 Å². The lowest BCUT2D eigenvalue weighted by Crippen LogP contribution is -2.34. The lowest BCUT2D eigenvalue weighted by atomic mass is 9.97. The fourth-order valence-electron chi connectivity index (χ4n) is 4.08. The van der Waals surface area contributed by atoms with Crippen LogP contribution in [0, 0.1) is 25.1 Å². The molecule has 36 heavy (non-hydrogen) atoms. The molecular formula is C24H23F4N5O3. The van der Waals surface area contributed by atoms with Gasteiger partial charge in [0.2, 0.25) is 0 Å². The Morgan fingerprint density at radius 1 is 1.08 bits per heavy atom. The van der Waals surface area contributed by atoms with Gasteiger partial charge in [0.25, 0.3) is 0 Å². The molecule has 2 heterocycles. The van der Waals surface area contributed by atoms with E-state index >= 15 is 0 Å². The van der Waals surface area contributed by atoms with Crippen LogP contribution in [0.25, 0.3) is 22.0 Å². The molecule has 0 bridgehead atoms. The second-order valence-corrected chi connectivity index (χ2v) is 8.87. The Labute approximate surface area is 203 Å². The van der Waals surface area contributed by atoms with E-state index in [4.69, 9.17) is 5.11 Å². The predicted octanol–water partition coefficient (Wildman–Crippen LogP) is 6.00. The van der Waals surface area contributed by atoms with Crippen molar-refractivity contribution in [3.05, 3.63) is 47.5 Å². The van der Waals surface area contributed by atoms with E-state index in [-0.39, 0.29) is 37.3 Å². The van der Waals surface area contributed by atoms with Crippen LogP contribution in [0.15, 0.2) is 30.5 Å². The number of carboxylic acid groups (broad SMARTS) is 1. The maximum atomic E-state index is 14.6. The van der Waals surface area contributed by atoms with Crippen molar-refractivity contribution in [2.45, 2.75) is 39.3 Å². The van der Waals surface area contributed by atoms with Gasteiger partial charge in [0.05, 0.1) is 16.6 Å². The van der Waals surface area contributed by atoms with Gasteiger partial charge < -0.3 is 15.7 Å². The number of anilines is 2. The highest BCUT2D eigenvalue weighted by atomic mass is 19.4. The third-order valence-electron chi connectivity index (χ3n) is 6.32. The van der Waals surface area contributed by atoms with E-state index in [1.807, 2.05) is 0 Å². The monoisotopic (exact) mass is 505 g/mol. The SMILES string of the molecule is Cc1cc(F)c(NC(=O)NCCC2(C(F)(F)F)CC2)cc1-c1cc2cnc(NC(=O)O)cc2nc1C. The zero-order valence-corrected chi connectivity index (χ0v) is 19.4. The number of nitrogens with one attached hydrogen (secondary N) is 3. The van der Waals surface area contributed by atoms with Crippen LogP contribution in [0.2, 0.25) is 0 Å². The zero-order valence-electron chi connectivity index (χ0n) is 19.4. The summed E-state index contributed by atoms with van der Waals surface area (Å²) in [5.41, 5.74) is 0.999. The van der Waals surface area contributed by atoms with E-state index in [2.05, 4.69) is 25.9 Å². The van der Waals surface area contributed by atoms with E-state index in [0.29, 0.717) is 33.3 Å². The number of hydrogen-bond acceptors (Lipinski definition) is 4. The molecule has 0 spiro atoms. The molecular weight excluding hydrogens is 482 g/mol. The van der Waals surface area contributed by atoms with Crippen molar-refractivity contribution in [1.29, 1.82) is 0 Å². The number of aryl methyl sites for hydroxylation is 2. The van der Waals surface area contributed by atoms with Crippen LogP contribution in [0.1, 0.15) is 30.5 Å². The molecule has 1 aromatic carbocycles. The van der Waals surface area contributed by atoms with Gasteiger partial charge in [-0.05, 0) is 62.4 Å². The summed E-state index contributed by atoms with van der Waals surface area (Å²) in [6.45, 7) is 3.23. The van der Waals surface area contributed by atoms with Crippen LogP contribution in [0.4, 0.5) is 38.7 Å². The molecule has 190 valence electrons. The number of fused-ring (bicyclic) bond motifs is 1. The Balaban J connectivity index is 1.53. The van der Waals surface area contributed by atoms with E-state index in [1.54, 1.807) is 19.9 Å². The van der Waals surface area contributed by atoms with Crippen molar-refractivity contribution in [2.24, 2.45) is 5.41 Å². The summed E-state index contributed by atoms with van der Waals surface area (Å²) in [5, 5.41) is 16.4. The number of amides is 3. The minimum Gasteiger partial charge on any atom is -0.465 e. The number of carbonyl (C=O) groups excluding carboxylic acids is 1. The highest BCUT2D eigenvalue weighted by molar-refractivity contribution is 5.92. The van der Waals surface area contributed by atoms with Gasteiger partial charge in [0.1, 0.15) is 11.6 Å². The molecule has 0 radical (unpaired) electrons. The summed E-state index contributed by atoms with van der Waals surface area (Å²) in [6, 6.07) is 5.13. The average molecular weight is 505 g/mol. The van der Waals surface area contributed by atoms with Crippen LogP contribution in [0.5, 0.6) is 0 Å². The third-order valence-corrected chi connectivity index (χ3v) is 6.32. The first-order chi connectivity index (χ1) is 16.9. The number of alkyl halides is 3. The Morgan fingerprint density at radius 3 is 2.44 bits per heavy atom. The van der Waals surface area contributed by atoms with E-state index in [9.17, 15) is 27.2 Å². The molecule has 3 amide bonds. The van der Waals surface area contributed by atoms with Gasteiger partial charge in [-0.25, -0.2) is 19.0 Å². The summed E-state index contributed by atoms with van der Waals surface area (Å²) >= 11 is 0. The Hall–Kier alpha value is -3.96. The molecule has 2 aromatic heterocycles. The number of rotatable bonds is 6. The number of aromatic nitrogens is 2. The number of halogens is 4. The summed E-state index contributed by atoms with van der Waals surface area (Å²) in [5.74, 6) is -0.578. The Bertz CT molecular complexity index is 1360. The quantitative estimate of drug-likeness (QED) is 0.307. The fourth-order valence-corrected chi connectivity index (χ4v) is 4.08. The summed E-state index contributed by atoms with van der Waals surface area (Å²) in [4.78, 5) is 31.7. The molecule has 1 fully saturated rings. The van der Waals surface area contributed by atoms with Crippen molar-refractivity contribution in [1.82, 2.24) is 15.3 Å². The van der Waals surface area contributed by atoms with Crippen molar-refractivity contribution in [3.8, 4) is 11.1 Å². The molecule has 1 saturated carbocycles. The number of urea groups is 1. The normalized spacial score (nSPS) is 14.4. The number of nitrogens with zero attached hydrogens (tertiary/aromatic N) is 2. The smallest absolute Gasteiger partial charge is 0.410 e. The molecule has 4 rings (SSSR count). The lowest BCUT2D eigenvalue weighted by Gasteiger charge is -2.19. The molecule has 1 aliphatic rings. The molecule has 3 aromatic rings. The molecule has 1 aliphatic carbocycles. The highest BCUT2D eigenvalue weighted by Gasteiger charge is 2.62. The van der Waals surface area contributed by atoms with Gasteiger partial charge >= 0.3 is 18.3 Å². The predicted molar refractivity (Wildman–Crippen MR) is 125 cm³/mol. The Morgan fingerprint density at radius 2 is 1.81 bits per heavy atom. The molecule has 0 atom stereocenters. The Kier molecular flexibility index (Phi) is 6.46. The lowest BCUT2D eigenvalue weighted by molar-refractivity contribution is -0.188. The second kappa shape index (κ2) is 9.25. The first-order valence-corrected chi connectivity index (χ1v) is 11.1. The highest BCUT2D eigenvalue weighted by Crippen LogP contribution is 2.59. The molecule has 0 unspecified atom stereocenters. The zero-order chi connectivity index (χ0) is 26.3. The van der Waals surface area contributed by atoms with Crippen LogP contribution < -0.4 is 16.0 Å². The van der Waals surface area contributed by atoms with Gasteiger partial charge in [-0.3, -0.25) is 10.3 Å². The number of benzene rings is 1. The van der Waals surface area contributed by atoms with E-state index in [0.717, 1.165) is 0 Å². The average Bonchev–Trinajstić information content (AvgIpc) is 3.56. The first-order valence-electron chi connectivity index (χ1n) is 11.1. The first kappa shape index (κ1) is 25.1. The van der Waals surface area contributed by atoms with Crippen molar-refractivity contribution in [3.63, 3.8) is 0 Å². The van der Waals surface area contributed by atoms with Crippen molar-refractivity contribution >= 4 is 34.5 Å². The molecule has 12 heteroatoms. The molecule has 0 aliphatic heterocycles. The van der Waals surface area contributed by atoms with Gasteiger partial charge in [-0.15, -0.1) is 0 Å². The van der Waals surface area contributed by atoms with Gasteiger partial charge in [0, 0.05) is 35.5 Å². The third kappa shape index (κ3) is 5.16. The largest absolute Gasteiger partial charge is 0.465 e. The van der Waals surface area contributed by atoms with Gasteiger partial charge in [-0.2, -0.15) is 13.2 Å². The maximum absolute atomic E-state index is 14.6. The summed E-state index contributed by atoms with van der Waals surface area (Å²) in [7, 11) is 0. The maximum Gasteiger partial charge on any atom is 0.410 e. The standard InChI is InChI=1S/C24H23F4N5O3/c1-12-7-17(25)19(32-21(34)29-6-5-23(3-4-23)24(26,27)28)9-15(12)16-8-14-11-30-20(33-22(35)36)10-18(14)31-13(16)2/h7-11H,3-6H2,1-2H3,(H,30,33)(H,35,36)(H2,29,32,34). The van der Waals surface area contributed by atoms with Crippen LogP contribution >= 0.6 is 0 Å². The summed E-state index contributed by atoms with van der Waals surface area (Å²) in [6.07, 6.45) is -4.25. The van der Waals surface area contributed by atoms with Crippen LogP contribution in [0.3, 0.4) is 0 Å². The van der Waals surface area contributed by atoms with E-state index in [1.165, 1.54) is 24.4 Å². The minimum atomic E-state index is -4.31. The van der Waals surface area contributed by atoms with E-state index < -0.39 is 29.5 Å². The topological polar surface area (TPSA) is 116 Å². The van der Waals surface area contributed by atoms with Crippen LogP contribution in [-0.4, -0.2) is 39.9 Å². The molecule has 0 saturated heterocycles. The second-order valence-electron chi connectivity index (χ2n) is 8.87. The molecule has 4 N–H and O–H groups in total. The number of carbonyl (C=O) groups is 2. The minimum absolute atomic E-state index is 0.0434. The van der Waals surface area contributed by atoms with Crippen molar-refractivity contribution in [2.75, 3.05) is 17.2 Å². The number of pyridine rings is 2. The summed E-state index contributed by atoms with van der Waals surface area (Å²) < 4.78 is 53.8.